The van der Waals surface area contributed by atoms with Crippen molar-refractivity contribution < 1.29 is 26.2 Å². The molecule has 1 aliphatic carbocycles. The van der Waals surface area contributed by atoms with Crippen molar-refractivity contribution in [2.45, 2.75) is 104 Å². The van der Waals surface area contributed by atoms with Crippen LogP contribution in [0.15, 0.2) is 194 Å². The molecule has 0 bridgehead atoms. The number of hydrogen-bond acceptors (Lipinski definition) is 3. The van der Waals surface area contributed by atoms with Gasteiger partial charge in [-0.15, -0.1) is 23.8 Å². The number of imidazole rings is 1. The van der Waals surface area contributed by atoms with Crippen molar-refractivity contribution in [3.8, 4) is 78.6 Å². The Morgan fingerprint density at radius 1 is 0.526 bits per heavy atom. The molecule has 11 rings (SSSR count). The molecule has 1 fully saturated rings. The van der Waals surface area contributed by atoms with Gasteiger partial charge in [0.25, 0.3) is 0 Å². The molecule has 0 spiro atoms. The number of hydrogen-bond donors (Lipinski definition) is 1. The third-order valence-corrected chi connectivity index (χ3v) is 15.8. The van der Waals surface area contributed by atoms with Gasteiger partial charge in [-0.05, 0) is 98.0 Å². The Balaban J connectivity index is 0.00000657. The van der Waals surface area contributed by atoms with E-state index in [-0.39, 0.29) is 43.1 Å². The molecule has 0 atom stereocenters. The van der Waals surface area contributed by atoms with Gasteiger partial charge in [-0.2, -0.15) is 0 Å². The number of rotatable bonds is 11. The number of benzene rings is 8. The summed E-state index contributed by atoms with van der Waals surface area (Å²) in [6.07, 6.45) is 8.18. The fourth-order valence-electron chi connectivity index (χ4n) is 11.4. The van der Waals surface area contributed by atoms with E-state index in [1.807, 2.05) is 6.20 Å². The van der Waals surface area contributed by atoms with E-state index in [0.717, 1.165) is 90.0 Å². The molecule has 76 heavy (non-hydrogen) atoms. The summed E-state index contributed by atoms with van der Waals surface area (Å²) >= 11 is 0. The van der Waals surface area contributed by atoms with Gasteiger partial charge in [0.15, 0.2) is 0 Å². The fraction of sp³-hybridized carbons (Fsp3) is 0.239. The molecule has 0 unspecified atom stereocenters. The zero-order valence-electron chi connectivity index (χ0n) is 45.2. The minimum absolute atomic E-state index is 0. The Labute approximate surface area is 465 Å². The van der Waals surface area contributed by atoms with E-state index in [4.69, 9.17) is 9.97 Å². The van der Waals surface area contributed by atoms with Crippen LogP contribution in [-0.4, -0.2) is 19.6 Å². The van der Waals surface area contributed by atoms with Gasteiger partial charge in [-0.3, -0.25) is 9.55 Å². The normalized spacial score (nSPS) is 13.3. The van der Waals surface area contributed by atoms with E-state index in [2.05, 4.69) is 254 Å². The second-order valence-electron chi connectivity index (χ2n) is 23.5. The summed E-state index contributed by atoms with van der Waals surface area (Å²) in [6.45, 7) is 17.8. The number of aromatic nitrogens is 3. The smallest absolute Gasteiger partial charge is 0.148 e. The number of para-hydroxylation sites is 1. The molecule has 5 heteroatoms. The average Bonchev–Trinajstić information content (AvgIpc) is 4.12. The molecule has 10 aromatic rings. The third kappa shape index (κ3) is 10.4. The molecule has 1 aliphatic rings. The van der Waals surface area contributed by atoms with E-state index >= 15 is 0 Å². The Kier molecular flexibility index (Phi) is 14.5. The van der Waals surface area contributed by atoms with Crippen LogP contribution in [0.1, 0.15) is 109 Å². The molecular weight excluding hydrogens is 1110 g/mol. The first-order valence-corrected chi connectivity index (χ1v) is 26.9. The summed E-state index contributed by atoms with van der Waals surface area (Å²) in [5, 5.41) is 12.7. The van der Waals surface area contributed by atoms with Crippen molar-refractivity contribution >= 4 is 11.0 Å². The number of phenols is 1. The molecular formula is C71H68N3OPt-. The van der Waals surface area contributed by atoms with Crippen molar-refractivity contribution in [3.63, 3.8) is 0 Å². The van der Waals surface area contributed by atoms with Crippen LogP contribution in [0.2, 0.25) is 0 Å². The molecule has 1 N–H and O–H groups in total. The number of nitrogens with zero attached hydrogens (tertiary/aromatic N) is 3. The van der Waals surface area contributed by atoms with Gasteiger partial charge in [0.1, 0.15) is 11.6 Å². The van der Waals surface area contributed by atoms with Crippen LogP contribution in [0.25, 0.3) is 83.9 Å². The number of aromatic hydroxyl groups is 1. The Morgan fingerprint density at radius 2 is 1.16 bits per heavy atom. The summed E-state index contributed by atoms with van der Waals surface area (Å²) < 4.78 is 2.31. The van der Waals surface area contributed by atoms with Crippen LogP contribution >= 0.6 is 0 Å². The average molecular weight is 1170 g/mol. The van der Waals surface area contributed by atoms with E-state index in [1.165, 1.54) is 42.4 Å². The Bertz CT molecular complexity index is 3670. The Hall–Kier alpha value is -7.13. The molecule has 2 aromatic heterocycles. The molecule has 0 saturated heterocycles. The van der Waals surface area contributed by atoms with Gasteiger partial charge >= 0.3 is 0 Å². The van der Waals surface area contributed by atoms with E-state index in [1.54, 1.807) is 0 Å². The molecule has 1 saturated carbocycles. The van der Waals surface area contributed by atoms with Crippen LogP contribution in [0.4, 0.5) is 0 Å². The summed E-state index contributed by atoms with van der Waals surface area (Å²) in [7, 11) is 0. The maximum Gasteiger partial charge on any atom is 0.148 e. The number of phenolic OH excluding ortho intramolecular Hbond substituents is 1. The molecule has 0 amide bonds. The van der Waals surface area contributed by atoms with E-state index in [9.17, 15) is 5.11 Å². The summed E-state index contributed by atoms with van der Waals surface area (Å²) in [6, 6.07) is 71.6. The van der Waals surface area contributed by atoms with Gasteiger partial charge in [-0.25, -0.2) is 4.98 Å². The number of fused-ring (bicyclic) bond motifs is 1. The second kappa shape index (κ2) is 21.1. The van der Waals surface area contributed by atoms with Crippen LogP contribution in [0, 0.1) is 12.0 Å². The molecule has 8 aromatic carbocycles. The van der Waals surface area contributed by atoms with Crippen LogP contribution in [0.3, 0.4) is 0 Å². The summed E-state index contributed by atoms with van der Waals surface area (Å²) in [4.78, 5) is 10.8. The minimum Gasteiger partial charge on any atom is -0.507 e. The van der Waals surface area contributed by atoms with Gasteiger partial charge in [0.05, 0.1) is 22.3 Å². The largest absolute Gasteiger partial charge is 0.507 e. The summed E-state index contributed by atoms with van der Waals surface area (Å²) in [5.41, 5.74) is 19.0. The van der Waals surface area contributed by atoms with Crippen molar-refractivity contribution in [2.75, 3.05) is 0 Å². The maximum atomic E-state index is 12.7. The first-order chi connectivity index (χ1) is 36.1. The van der Waals surface area contributed by atoms with Crippen molar-refractivity contribution in [1.29, 1.82) is 0 Å². The van der Waals surface area contributed by atoms with Gasteiger partial charge in [0, 0.05) is 49.5 Å². The molecule has 2 heterocycles. The number of pyridine rings is 1. The minimum atomic E-state index is -0.337. The zero-order valence-corrected chi connectivity index (χ0v) is 47.5. The van der Waals surface area contributed by atoms with E-state index < -0.39 is 0 Å². The molecule has 4 nitrogen and oxygen atoms in total. The standard InChI is InChI=1S/C71H68N3O.Pt/c1-69(2,3)58-45-61(67(75)62(46-58)70(4,5)6)68-73-66-59(29-20-30-65(66)74(68)64-36-31-48(39-47-21-18-19-22-47)40-60(64)51-25-14-10-15-26-51)54-41-53(49-23-12-9-13-24-49)42-55(43-54)63-44-52(37-38-72-63)50-32-34-57(35-33-50)71(7,8)56-27-16-11-17-28-56;/h9-17,20,23-38,40-42,44-47,75H,18-19,21-22,39H2,1-8H3;/q-1;. The van der Waals surface area contributed by atoms with Crippen LogP contribution in [-0.2, 0) is 43.7 Å². The van der Waals surface area contributed by atoms with Crippen molar-refractivity contribution in [2.24, 2.45) is 5.92 Å². The zero-order chi connectivity index (χ0) is 52.1. The van der Waals surface area contributed by atoms with Crippen molar-refractivity contribution in [3.05, 3.63) is 228 Å². The predicted molar refractivity (Wildman–Crippen MR) is 314 cm³/mol. The topological polar surface area (TPSA) is 50.9 Å². The van der Waals surface area contributed by atoms with Gasteiger partial charge in [0.2, 0.25) is 0 Å². The Morgan fingerprint density at radius 3 is 1.83 bits per heavy atom. The van der Waals surface area contributed by atoms with Gasteiger partial charge < -0.3 is 5.11 Å². The van der Waals surface area contributed by atoms with Crippen molar-refractivity contribution in [1.82, 2.24) is 14.5 Å². The predicted octanol–water partition coefficient (Wildman–Crippen LogP) is 18.6. The first-order valence-electron chi connectivity index (χ1n) is 26.9. The van der Waals surface area contributed by atoms with E-state index in [0.29, 0.717) is 17.3 Å². The SMILES string of the molecule is CC(C)(C)c1cc(-c2nc3c(-c4[c-]c(-c5cc(-c6ccc(C(C)(C)c7ccccc7)cc6)ccn5)cc(-c5ccccc5)c4)cccc3n2-c2ccc(CC3CCCC3)cc2-c2ccccc2)c(O)c(C(C)(C)C)c1.[Pt]. The van der Waals surface area contributed by atoms with Crippen LogP contribution in [0.5, 0.6) is 5.75 Å². The summed E-state index contributed by atoms with van der Waals surface area (Å²) in [5.74, 6) is 1.65. The second-order valence-corrected chi connectivity index (χ2v) is 23.5. The van der Waals surface area contributed by atoms with Gasteiger partial charge in [-0.1, -0.05) is 243 Å². The third-order valence-electron chi connectivity index (χ3n) is 15.8. The first kappa shape index (κ1) is 52.3. The molecule has 0 aliphatic heterocycles. The monoisotopic (exact) mass is 1170 g/mol. The molecule has 0 radical (unpaired) electrons. The quantitative estimate of drug-likeness (QED) is 0.131. The molecule has 384 valence electrons. The fourth-order valence-corrected chi connectivity index (χ4v) is 11.4. The maximum absolute atomic E-state index is 12.7. The van der Waals surface area contributed by atoms with Crippen LogP contribution < -0.4 is 0 Å².